The zero-order chi connectivity index (χ0) is 27.2. The number of carbonyl (C=O) groups is 3. The third kappa shape index (κ3) is 4.60. The van der Waals surface area contributed by atoms with Crippen molar-refractivity contribution in [1.29, 1.82) is 0 Å². The van der Waals surface area contributed by atoms with E-state index in [4.69, 9.17) is 11.6 Å². The van der Waals surface area contributed by atoms with Gasteiger partial charge < -0.3 is 0 Å². The fourth-order valence-electron chi connectivity index (χ4n) is 4.01. The Labute approximate surface area is 226 Å². The standard InChI is InChI=1S/C26H19ClN4O5S2/c1-14-7-10-17(11-8-14)38(35,36)30-29-22-21(24-28-18-5-3-4-6-20(18)37-24)23(32)26(34)31(25(22)33)19-12-9-16(27)13-15(19)2/h3-13,21,30H,1-2H3/b29-22+. The predicted octanol–water partition coefficient (Wildman–Crippen LogP) is 4.13. The van der Waals surface area contributed by atoms with Gasteiger partial charge in [0.1, 0.15) is 16.6 Å². The third-order valence-electron chi connectivity index (χ3n) is 5.95. The first-order chi connectivity index (χ1) is 18.1. The summed E-state index contributed by atoms with van der Waals surface area (Å²) in [5.74, 6) is -4.48. The van der Waals surface area contributed by atoms with Gasteiger partial charge in [0.15, 0.2) is 0 Å². The van der Waals surface area contributed by atoms with Crippen LogP contribution in [0.1, 0.15) is 22.1 Å². The summed E-state index contributed by atoms with van der Waals surface area (Å²) in [6, 6.07) is 17.5. The Hall–Kier alpha value is -3.93. The molecule has 192 valence electrons. The number of ketones is 1. The Morgan fingerprint density at radius 1 is 0.974 bits per heavy atom. The number of Topliss-reactive ketones (excluding diaryl/α,β-unsaturated/α-hetero) is 1. The van der Waals surface area contributed by atoms with E-state index < -0.39 is 39.3 Å². The molecule has 2 heterocycles. The average Bonchev–Trinajstić information content (AvgIpc) is 3.30. The molecule has 1 saturated heterocycles. The van der Waals surface area contributed by atoms with Gasteiger partial charge in [-0.25, -0.2) is 9.88 Å². The van der Waals surface area contributed by atoms with Crippen molar-refractivity contribution in [2.24, 2.45) is 5.10 Å². The molecule has 0 saturated carbocycles. The van der Waals surface area contributed by atoms with Gasteiger partial charge in [0.25, 0.3) is 15.9 Å². The molecule has 0 aliphatic carbocycles. The van der Waals surface area contributed by atoms with Crippen LogP contribution in [-0.2, 0) is 24.4 Å². The highest BCUT2D eigenvalue weighted by atomic mass is 35.5. The van der Waals surface area contributed by atoms with Crippen LogP contribution in [0.3, 0.4) is 0 Å². The van der Waals surface area contributed by atoms with Crippen molar-refractivity contribution < 1.29 is 22.8 Å². The van der Waals surface area contributed by atoms with Gasteiger partial charge in [-0.15, -0.1) is 11.3 Å². The van der Waals surface area contributed by atoms with Crippen LogP contribution in [0.25, 0.3) is 10.2 Å². The van der Waals surface area contributed by atoms with Gasteiger partial charge in [-0.3, -0.25) is 14.4 Å². The van der Waals surface area contributed by atoms with E-state index in [1.165, 1.54) is 24.3 Å². The molecule has 2 amide bonds. The monoisotopic (exact) mass is 566 g/mol. The number of hydrazone groups is 1. The van der Waals surface area contributed by atoms with Gasteiger partial charge in [-0.1, -0.05) is 41.4 Å². The number of halogens is 1. The number of anilines is 1. The van der Waals surface area contributed by atoms with Crippen molar-refractivity contribution in [2.45, 2.75) is 24.7 Å². The van der Waals surface area contributed by atoms with E-state index >= 15 is 0 Å². The number of para-hydroxylation sites is 1. The van der Waals surface area contributed by atoms with Crippen LogP contribution >= 0.6 is 22.9 Å². The fourth-order valence-corrected chi connectivity index (χ4v) is 6.13. The molecule has 1 aromatic heterocycles. The minimum Gasteiger partial charge on any atom is -0.287 e. The molecule has 1 unspecified atom stereocenters. The number of fused-ring (bicyclic) bond motifs is 1. The molecular formula is C26H19ClN4O5S2. The van der Waals surface area contributed by atoms with Crippen molar-refractivity contribution in [2.75, 3.05) is 4.90 Å². The Morgan fingerprint density at radius 2 is 1.68 bits per heavy atom. The van der Waals surface area contributed by atoms with Gasteiger partial charge in [0, 0.05) is 5.02 Å². The van der Waals surface area contributed by atoms with Crippen LogP contribution < -0.4 is 9.73 Å². The summed E-state index contributed by atoms with van der Waals surface area (Å²) in [5, 5.41) is 4.45. The first-order valence-corrected chi connectivity index (χ1v) is 13.9. The highest BCUT2D eigenvalue weighted by molar-refractivity contribution is 7.89. The molecule has 1 N–H and O–H groups in total. The molecule has 1 fully saturated rings. The van der Waals surface area contributed by atoms with Crippen molar-refractivity contribution in [3.8, 4) is 0 Å². The minimum atomic E-state index is -4.20. The highest BCUT2D eigenvalue weighted by Gasteiger charge is 2.49. The average molecular weight is 567 g/mol. The minimum absolute atomic E-state index is 0.0833. The molecule has 1 aliphatic heterocycles. The summed E-state index contributed by atoms with van der Waals surface area (Å²) >= 11 is 7.15. The Morgan fingerprint density at radius 3 is 2.37 bits per heavy atom. The Kier molecular flexibility index (Phi) is 6.59. The fraction of sp³-hybridized carbons (Fsp3) is 0.115. The number of hydrogen-bond acceptors (Lipinski definition) is 8. The van der Waals surface area contributed by atoms with Crippen molar-refractivity contribution in [1.82, 2.24) is 9.82 Å². The second-order valence-electron chi connectivity index (χ2n) is 8.60. The number of nitrogens with zero attached hydrogens (tertiary/aromatic N) is 3. The number of piperidine rings is 1. The van der Waals surface area contributed by atoms with Gasteiger partial charge in [0.05, 0.1) is 20.8 Å². The molecule has 0 bridgehead atoms. The summed E-state index contributed by atoms with van der Waals surface area (Å²) in [6.45, 7) is 3.44. The van der Waals surface area contributed by atoms with Crippen LogP contribution in [0.2, 0.25) is 5.02 Å². The SMILES string of the molecule is Cc1ccc(S(=O)(=O)N/N=C2/C(=O)N(c3ccc(Cl)cc3C)C(=O)C(=O)C2c2nc3ccccc3s2)cc1. The molecule has 3 aromatic carbocycles. The topological polar surface area (TPSA) is 126 Å². The zero-order valence-corrected chi connectivity index (χ0v) is 22.4. The summed E-state index contributed by atoms with van der Waals surface area (Å²) in [5.41, 5.74) is 1.54. The largest absolute Gasteiger partial charge is 0.302 e. The lowest BCUT2D eigenvalue weighted by Crippen LogP contribution is -2.55. The van der Waals surface area contributed by atoms with Gasteiger partial charge >= 0.3 is 5.91 Å². The number of nitrogens with one attached hydrogen (secondary N) is 1. The van der Waals surface area contributed by atoms with E-state index in [2.05, 4.69) is 14.9 Å². The second-order valence-corrected chi connectivity index (χ2v) is 11.8. The number of sulfonamides is 1. The second kappa shape index (κ2) is 9.75. The number of benzene rings is 3. The summed E-state index contributed by atoms with van der Waals surface area (Å²) < 4.78 is 26.6. The molecule has 9 nitrogen and oxygen atoms in total. The lowest BCUT2D eigenvalue weighted by Gasteiger charge is -2.30. The highest BCUT2D eigenvalue weighted by Crippen LogP contribution is 2.35. The third-order valence-corrected chi connectivity index (χ3v) is 8.51. The van der Waals surface area contributed by atoms with Gasteiger partial charge in [-0.2, -0.15) is 18.4 Å². The number of carbonyl (C=O) groups excluding carboxylic acids is 3. The van der Waals surface area contributed by atoms with E-state index in [0.29, 0.717) is 21.0 Å². The van der Waals surface area contributed by atoms with Crippen LogP contribution in [0.5, 0.6) is 0 Å². The number of aryl methyl sites for hydroxylation is 2. The molecule has 12 heteroatoms. The quantitative estimate of drug-likeness (QED) is 0.220. The van der Waals surface area contributed by atoms with Gasteiger partial charge in [-0.05, 0) is 61.9 Å². The molecule has 5 rings (SSSR count). The molecule has 1 aliphatic rings. The number of hydrogen-bond donors (Lipinski definition) is 1. The first kappa shape index (κ1) is 25.7. The molecule has 38 heavy (non-hydrogen) atoms. The maximum Gasteiger partial charge on any atom is 0.302 e. The molecule has 4 aromatic rings. The number of amides is 2. The molecule has 0 spiro atoms. The Balaban J connectivity index is 1.63. The van der Waals surface area contributed by atoms with Gasteiger partial charge in [0.2, 0.25) is 5.78 Å². The van der Waals surface area contributed by atoms with Crippen LogP contribution in [0, 0.1) is 13.8 Å². The molecular weight excluding hydrogens is 548 g/mol. The zero-order valence-electron chi connectivity index (χ0n) is 20.0. The summed E-state index contributed by atoms with van der Waals surface area (Å²) in [6.07, 6.45) is 0. The smallest absolute Gasteiger partial charge is 0.287 e. The first-order valence-electron chi connectivity index (χ1n) is 11.3. The number of imide groups is 1. The maximum atomic E-state index is 13.7. The number of thiazole rings is 1. The van der Waals surface area contributed by atoms with Crippen LogP contribution in [0.4, 0.5) is 5.69 Å². The summed E-state index contributed by atoms with van der Waals surface area (Å²) in [7, 11) is -4.20. The maximum absolute atomic E-state index is 13.7. The molecule has 0 radical (unpaired) electrons. The number of aromatic nitrogens is 1. The lowest BCUT2D eigenvalue weighted by molar-refractivity contribution is -0.139. The van der Waals surface area contributed by atoms with Crippen molar-refractivity contribution >= 4 is 72.2 Å². The molecule has 1 atom stereocenters. The Bertz CT molecular complexity index is 1730. The number of rotatable bonds is 5. The lowest BCUT2D eigenvalue weighted by atomic mass is 9.91. The van der Waals surface area contributed by atoms with E-state index in [9.17, 15) is 22.8 Å². The van der Waals surface area contributed by atoms with Crippen LogP contribution in [-0.4, -0.2) is 36.7 Å². The van der Waals surface area contributed by atoms with Crippen molar-refractivity contribution in [3.63, 3.8) is 0 Å². The van der Waals surface area contributed by atoms with E-state index in [1.54, 1.807) is 49.4 Å². The normalized spacial score (nSPS) is 17.4. The van der Waals surface area contributed by atoms with E-state index in [1.807, 2.05) is 6.92 Å². The van der Waals surface area contributed by atoms with E-state index in [-0.39, 0.29) is 15.6 Å². The summed E-state index contributed by atoms with van der Waals surface area (Å²) in [4.78, 5) is 47.6. The van der Waals surface area contributed by atoms with Crippen molar-refractivity contribution in [3.05, 3.63) is 87.9 Å². The van der Waals surface area contributed by atoms with Crippen LogP contribution in [0.15, 0.2) is 76.7 Å². The predicted molar refractivity (Wildman–Crippen MR) is 145 cm³/mol. The van der Waals surface area contributed by atoms with E-state index in [0.717, 1.165) is 21.6 Å².